The second-order valence-electron chi connectivity index (χ2n) is 6.22. The molecular weight excluding hydrogens is 266 g/mol. The van der Waals surface area contributed by atoms with E-state index in [1.54, 1.807) is 0 Å². The molecule has 1 saturated heterocycles. The summed E-state index contributed by atoms with van der Waals surface area (Å²) >= 11 is 0. The quantitative estimate of drug-likeness (QED) is 0.765. The minimum Gasteiger partial charge on any atom is -0.393 e. The maximum absolute atomic E-state index is 12.1. The molecule has 3 atom stereocenters. The number of amides is 1. The van der Waals surface area contributed by atoms with Crippen LogP contribution in [0.1, 0.15) is 18.4 Å². The minimum absolute atomic E-state index is 0.00126. The van der Waals surface area contributed by atoms with Crippen molar-refractivity contribution in [3.63, 3.8) is 0 Å². The van der Waals surface area contributed by atoms with Crippen LogP contribution in [0.3, 0.4) is 0 Å². The van der Waals surface area contributed by atoms with E-state index in [0.29, 0.717) is 24.9 Å². The molecule has 2 aliphatic rings. The third-order valence-electron chi connectivity index (χ3n) is 4.71. The van der Waals surface area contributed by atoms with Gasteiger partial charge < -0.3 is 16.2 Å². The van der Waals surface area contributed by atoms with Gasteiger partial charge in [0.2, 0.25) is 5.91 Å². The molecule has 1 heterocycles. The Bertz CT molecular complexity index is 520. The van der Waals surface area contributed by atoms with Gasteiger partial charge in [-0.25, -0.2) is 0 Å². The van der Waals surface area contributed by atoms with Crippen molar-refractivity contribution in [3.05, 3.63) is 29.8 Å². The lowest BCUT2D eigenvalue weighted by atomic mass is 10.00. The highest BCUT2D eigenvalue weighted by Gasteiger charge is 2.41. The molecule has 1 saturated carbocycles. The third-order valence-corrected chi connectivity index (χ3v) is 4.71. The molecule has 0 bridgehead atoms. The molecule has 0 aromatic heterocycles. The molecule has 1 amide bonds. The topological polar surface area (TPSA) is 78.6 Å². The number of nitrogens with two attached hydrogens (primary N) is 1. The molecule has 1 aromatic carbocycles. The van der Waals surface area contributed by atoms with E-state index in [1.165, 1.54) is 0 Å². The van der Waals surface area contributed by atoms with Crippen LogP contribution in [0, 0.1) is 11.8 Å². The summed E-state index contributed by atoms with van der Waals surface area (Å²) in [5.74, 6) is 0.922. The molecule has 0 radical (unpaired) electrons. The highest BCUT2D eigenvalue weighted by Crippen LogP contribution is 2.37. The van der Waals surface area contributed by atoms with Gasteiger partial charge in [0.25, 0.3) is 0 Å². The highest BCUT2D eigenvalue weighted by molar-refractivity contribution is 5.92. The van der Waals surface area contributed by atoms with E-state index in [-0.39, 0.29) is 12.0 Å². The second kappa shape index (κ2) is 6.13. The monoisotopic (exact) mass is 289 g/mol. The lowest BCUT2D eigenvalue weighted by molar-refractivity contribution is -0.117. The standard InChI is InChI=1S/C16H23N3O2/c17-7-11-2-1-3-13(6-11)18-16(21)10-19-8-12-4-5-15(20)14(12)9-19/h1-3,6,12,14-15,20H,4-5,7-10,17H2,(H,18,21). The fourth-order valence-electron chi connectivity index (χ4n) is 3.64. The summed E-state index contributed by atoms with van der Waals surface area (Å²) in [4.78, 5) is 14.3. The molecule has 21 heavy (non-hydrogen) atoms. The molecule has 3 rings (SSSR count). The van der Waals surface area contributed by atoms with Gasteiger partial charge in [0.05, 0.1) is 12.6 Å². The van der Waals surface area contributed by atoms with Crippen LogP contribution < -0.4 is 11.1 Å². The zero-order chi connectivity index (χ0) is 14.8. The van der Waals surface area contributed by atoms with E-state index in [9.17, 15) is 9.90 Å². The first kappa shape index (κ1) is 14.5. The summed E-state index contributed by atoms with van der Waals surface area (Å²) in [7, 11) is 0. The summed E-state index contributed by atoms with van der Waals surface area (Å²) < 4.78 is 0. The molecule has 5 nitrogen and oxygen atoms in total. The van der Waals surface area contributed by atoms with Crippen LogP contribution in [-0.4, -0.2) is 41.7 Å². The van der Waals surface area contributed by atoms with Gasteiger partial charge >= 0.3 is 0 Å². The normalized spacial score (nSPS) is 28.6. The number of aliphatic hydroxyl groups excluding tert-OH is 1. The molecule has 2 fully saturated rings. The Labute approximate surface area is 125 Å². The predicted molar refractivity (Wildman–Crippen MR) is 81.6 cm³/mol. The molecule has 4 N–H and O–H groups in total. The maximum Gasteiger partial charge on any atom is 0.238 e. The van der Waals surface area contributed by atoms with Crippen LogP contribution in [0.25, 0.3) is 0 Å². The Morgan fingerprint density at radius 3 is 3.00 bits per heavy atom. The number of fused-ring (bicyclic) bond motifs is 1. The number of anilines is 1. The number of nitrogens with zero attached hydrogens (tertiary/aromatic N) is 1. The van der Waals surface area contributed by atoms with Crippen molar-refractivity contribution in [1.82, 2.24) is 4.90 Å². The van der Waals surface area contributed by atoms with E-state index in [4.69, 9.17) is 5.73 Å². The molecular formula is C16H23N3O2. The number of carbonyl (C=O) groups excluding carboxylic acids is 1. The fraction of sp³-hybridized carbons (Fsp3) is 0.562. The molecule has 5 heteroatoms. The largest absolute Gasteiger partial charge is 0.393 e. The zero-order valence-corrected chi connectivity index (χ0v) is 12.2. The van der Waals surface area contributed by atoms with Gasteiger partial charge in [0.1, 0.15) is 0 Å². The molecule has 0 spiro atoms. The van der Waals surface area contributed by atoms with E-state index < -0.39 is 0 Å². The van der Waals surface area contributed by atoms with Gasteiger partial charge in [-0.2, -0.15) is 0 Å². The third kappa shape index (κ3) is 3.26. The van der Waals surface area contributed by atoms with Gasteiger partial charge in [-0.15, -0.1) is 0 Å². The summed E-state index contributed by atoms with van der Waals surface area (Å²) in [5, 5.41) is 12.8. The lowest BCUT2D eigenvalue weighted by Gasteiger charge is -2.17. The maximum atomic E-state index is 12.1. The summed E-state index contributed by atoms with van der Waals surface area (Å²) in [6.45, 7) is 2.63. The van der Waals surface area contributed by atoms with Crippen LogP contribution in [0.4, 0.5) is 5.69 Å². The number of hydrogen-bond donors (Lipinski definition) is 3. The highest BCUT2D eigenvalue weighted by atomic mass is 16.3. The van der Waals surface area contributed by atoms with Gasteiger partial charge in [-0.1, -0.05) is 12.1 Å². The molecule has 1 aliphatic heterocycles. The van der Waals surface area contributed by atoms with Crippen molar-refractivity contribution >= 4 is 11.6 Å². The molecule has 1 aliphatic carbocycles. The van der Waals surface area contributed by atoms with Crippen LogP contribution in [0.5, 0.6) is 0 Å². The van der Waals surface area contributed by atoms with E-state index in [0.717, 1.165) is 37.2 Å². The van der Waals surface area contributed by atoms with Crippen molar-refractivity contribution in [3.8, 4) is 0 Å². The summed E-state index contributed by atoms with van der Waals surface area (Å²) in [5.41, 5.74) is 7.40. The fourth-order valence-corrected chi connectivity index (χ4v) is 3.64. The van der Waals surface area contributed by atoms with Gasteiger partial charge in [0, 0.05) is 31.2 Å². The van der Waals surface area contributed by atoms with E-state index in [2.05, 4.69) is 10.2 Å². The van der Waals surface area contributed by atoms with Crippen molar-refractivity contribution in [2.24, 2.45) is 17.6 Å². The van der Waals surface area contributed by atoms with Gasteiger partial charge in [0.15, 0.2) is 0 Å². The Morgan fingerprint density at radius 2 is 2.24 bits per heavy atom. The first-order chi connectivity index (χ1) is 10.2. The SMILES string of the molecule is NCc1cccc(NC(=O)CN2CC3CCC(O)C3C2)c1. The van der Waals surface area contributed by atoms with Crippen LogP contribution in [0.15, 0.2) is 24.3 Å². The zero-order valence-electron chi connectivity index (χ0n) is 12.2. The van der Waals surface area contributed by atoms with Gasteiger partial charge in [-0.3, -0.25) is 9.69 Å². The predicted octanol–water partition coefficient (Wildman–Crippen LogP) is 0.786. The first-order valence-electron chi connectivity index (χ1n) is 7.65. The number of rotatable bonds is 4. The molecule has 114 valence electrons. The van der Waals surface area contributed by atoms with Crippen molar-refractivity contribution in [2.45, 2.75) is 25.5 Å². The average Bonchev–Trinajstić information content (AvgIpc) is 3.01. The Balaban J connectivity index is 1.53. The number of hydrogen-bond acceptors (Lipinski definition) is 4. The number of likely N-dealkylation sites (tertiary alicyclic amines) is 1. The number of carbonyl (C=O) groups is 1. The van der Waals surface area contributed by atoms with Gasteiger partial charge in [-0.05, 0) is 36.5 Å². The number of aliphatic hydroxyl groups is 1. The van der Waals surface area contributed by atoms with Crippen LogP contribution >= 0.6 is 0 Å². The minimum atomic E-state index is -0.177. The second-order valence-corrected chi connectivity index (χ2v) is 6.22. The Hall–Kier alpha value is -1.43. The molecule has 3 unspecified atom stereocenters. The van der Waals surface area contributed by atoms with Crippen molar-refractivity contribution in [2.75, 3.05) is 25.0 Å². The first-order valence-corrected chi connectivity index (χ1v) is 7.65. The van der Waals surface area contributed by atoms with E-state index in [1.807, 2.05) is 24.3 Å². The van der Waals surface area contributed by atoms with Crippen molar-refractivity contribution in [1.29, 1.82) is 0 Å². The number of benzene rings is 1. The average molecular weight is 289 g/mol. The van der Waals surface area contributed by atoms with Crippen molar-refractivity contribution < 1.29 is 9.90 Å². The summed E-state index contributed by atoms with van der Waals surface area (Å²) in [6.07, 6.45) is 1.83. The summed E-state index contributed by atoms with van der Waals surface area (Å²) in [6, 6.07) is 7.62. The lowest BCUT2D eigenvalue weighted by Crippen LogP contribution is -2.33. The smallest absolute Gasteiger partial charge is 0.238 e. The van der Waals surface area contributed by atoms with Crippen LogP contribution in [0.2, 0.25) is 0 Å². The van der Waals surface area contributed by atoms with E-state index >= 15 is 0 Å². The molecule has 1 aromatic rings. The van der Waals surface area contributed by atoms with Crippen LogP contribution in [-0.2, 0) is 11.3 Å². The number of nitrogens with one attached hydrogen (secondary N) is 1. The Morgan fingerprint density at radius 1 is 1.38 bits per heavy atom. The Kier molecular flexibility index (Phi) is 4.24.